The predicted octanol–water partition coefficient (Wildman–Crippen LogP) is 2.11. The Hall–Kier alpha value is -1.42. The fraction of sp³-hybridized carbons (Fsp3) is 0.455. The summed E-state index contributed by atoms with van der Waals surface area (Å²) >= 11 is 0. The number of alkyl halides is 6. The molecule has 0 bridgehead atoms. The van der Waals surface area contributed by atoms with Gasteiger partial charge in [0.05, 0.1) is 12.2 Å². The third kappa shape index (κ3) is 5.84. The van der Waals surface area contributed by atoms with Crippen molar-refractivity contribution in [3.63, 3.8) is 0 Å². The smallest absolute Gasteiger partial charge is 0.488 e. The van der Waals surface area contributed by atoms with E-state index < -0.39 is 55.7 Å². The quantitative estimate of drug-likeness (QED) is 0.497. The monoisotopic (exact) mass is 316 g/mol. The Morgan fingerprint density at radius 3 is 2.14 bits per heavy atom. The van der Waals surface area contributed by atoms with Crippen molar-refractivity contribution in [3.8, 4) is 5.75 Å². The Labute approximate surface area is 116 Å². The van der Waals surface area contributed by atoms with Crippen LogP contribution in [0.15, 0.2) is 18.2 Å². The number of hydrogen-bond acceptors (Lipinski definition) is 3. The second kappa shape index (κ2) is 6.57. The van der Waals surface area contributed by atoms with Gasteiger partial charge in [0.1, 0.15) is 5.75 Å². The summed E-state index contributed by atoms with van der Waals surface area (Å²) in [5, 5.41) is 17.7. The molecular formula is C11H11BF6O3. The molecule has 1 rings (SSSR count). The number of ether oxygens (including phenoxy) is 1. The van der Waals surface area contributed by atoms with Gasteiger partial charge in [-0.15, -0.1) is 0 Å². The van der Waals surface area contributed by atoms with Gasteiger partial charge in [-0.3, -0.25) is 0 Å². The first kappa shape index (κ1) is 17.6. The van der Waals surface area contributed by atoms with Gasteiger partial charge in [0.15, 0.2) is 0 Å². The van der Waals surface area contributed by atoms with Crippen LogP contribution in [0.3, 0.4) is 0 Å². The van der Waals surface area contributed by atoms with Crippen molar-refractivity contribution in [3.05, 3.63) is 23.8 Å². The van der Waals surface area contributed by atoms with E-state index in [0.717, 1.165) is 12.1 Å². The van der Waals surface area contributed by atoms with E-state index in [2.05, 4.69) is 0 Å². The molecule has 0 saturated carbocycles. The van der Waals surface area contributed by atoms with E-state index in [1.54, 1.807) is 0 Å². The molecule has 0 aliphatic rings. The molecular weight excluding hydrogens is 305 g/mol. The minimum atomic E-state index is -4.83. The van der Waals surface area contributed by atoms with Crippen LogP contribution in [0.2, 0.25) is 0 Å². The molecule has 118 valence electrons. The predicted molar refractivity (Wildman–Crippen MR) is 62.1 cm³/mol. The molecule has 1 aromatic carbocycles. The van der Waals surface area contributed by atoms with Gasteiger partial charge in [0.2, 0.25) is 0 Å². The molecule has 0 fully saturated rings. The molecule has 0 amide bonds. The molecule has 21 heavy (non-hydrogen) atoms. The molecule has 0 aromatic heterocycles. The molecule has 0 heterocycles. The van der Waals surface area contributed by atoms with Crippen LogP contribution in [0.1, 0.15) is 18.4 Å². The van der Waals surface area contributed by atoms with E-state index >= 15 is 0 Å². The van der Waals surface area contributed by atoms with Crippen LogP contribution in [-0.2, 0) is 6.18 Å². The molecule has 0 atom stereocenters. The minimum Gasteiger partial charge on any atom is -0.493 e. The normalized spacial score (nSPS) is 12.4. The number of hydrogen-bond donors (Lipinski definition) is 2. The zero-order valence-electron chi connectivity index (χ0n) is 10.5. The lowest BCUT2D eigenvalue weighted by atomic mass is 9.79. The van der Waals surface area contributed by atoms with Gasteiger partial charge in [-0.1, -0.05) is 6.07 Å². The first-order chi connectivity index (χ1) is 9.50. The Bertz CT molecular complexity index is 472. The molecule has 0 unspecified atom stereocenters. The zero-order valence-corrected chi connectivity index (χ0v) is 10.5. The number of benzene rings is 1. The molecule has 0 radical (unpaired) electrons. The number of halogens is 6. The lowest BCUT2D eigenvalue weighted by molar-refractivity contribution is -0.141. The lowest BCUT2D eigenvalue weighted by Crippen LogP contribution is -2.31. The molecule has 0 spiro atoms. The summed E-state index contributed by atoms with van der Waals surface area (Å²) in [6.07, 6.45) is -10.9. The van der Waals surface area contributed by atoms with E-state index in [9.17, 15) is 26.3 Å². The zero-order chi connectivity index (χ0) is 16.3. The van der Waals surface area contributed by atoms with Gasteiger partial charge >= 0.3 is 19.5 Å². The van der Waals surface area contributed by atoms with Crippen molar-refractivity contribution >= 4 is 12.6 Å². The fourth-order valence-electron chi connectivity index (χ4n) is 1.51. The molecule has 1 aromatic rings. The maximum atomic E-state index is 12.8. The molecule has 2 N–H and O–H groups in total. The summed E-state index contributed by atoms with van der Waals surface area (Å²) in [6, 6.07) is 2.30. The summed E-state index contributed by atoms with van der Waals surface area (Å²) in [5.41, 5.74) is -1.68. The van der Waals surface area contributed by atoms with Crippen LogP contribution >= 0.6 is 0 Å². The van der Waals surface area contributed by atoms with Crippen LogP contribution in [0, 0.1) is 0 Å². The van der Waals surface area contributed by atoms with Gasteiger partial charge < -0.3 is 14.8 Å². The third-order valence-electron chi connectivity index (χ3n) is 2.47. The first-order valence-corrected chi connectivity index (χ1v) is 5.77. The van der Waals surface area contributed by atoms with Crippen molar-refractivity contribution < 1.29 is 41.1 Å². The maximum Gasteiger partial charge on any atom is 0.488 e. The van der Waals surface area contributed by atoms with Gasteiger partial charge in [0.25, 0.3) is 0 Å². The van der Waals surface area contributed by atoms with E-state index in [4.69, 9.17) is 14.8 Å². The highest BCUT2D eigenvalue weighted by Crippen LogP contribution is 2.35. The van der Waals surface area contributed by atoms with E-state index in [-0.39, 0.29) is 0 Å². The Kier molecular flexibility index (Phi) is 5.51. The maximum absolute atomic E-state index is 12.8. The van der Waals surface area contributed by atoms with Crippen molar-refractivity contribution in [1.82, 2.24) is 0 Å². The molecule has 0 saturated heterocycles. The highest BCUT2D eigenvalue weighted by atomic mass is 19.4. The standard InChI is InChI=1S/C11H11BF6O3/c13-10(14,15)4-1-5-21-9-3-2-7(12(19)20)6-8(9)11(16,17)18/h2-3,6,19-20H,1,4-5H2. The SMILES string of the molecule is OB(O)c1ccc(OCCCC(F)(F)F)c(C(F)(F)F)c1. The largest absolute Gasteiger partial charge is 0.493 e. The van der Waals surface area contributed by atoms with Crippen LogP contribution in [0.5, 0.6) is 5.75 Å². The highest BCUT2D eigenvalue weighted by molar-refractivity contribution is 6.58. The third-order valence-corrected chi connectivity index (χ3v) is 2.47. The highest BCUT2D eigenvalue weighted by Gasteiger charge is 2.35. The van der Waals surface area contributed by atoms with Crippen molar-refractivity contribution in [2.24, 2.45) is 0 Å². The van der Waals surface area contributed by atoms with Crippen LogP contribution < -0.4 is 10.2 Å². The van der Waals surface area contributed by atoms with E-state index in [1.165, 1.54) is 0 Å². The molecule has 0 aliphatic heterocycles. The second-order valence-electron chi connectivity index (χ2n) is 4.19. The summed E-state index contributed by atoms with van der Waals surface area (Å²) < 4.78 is 78.7. The fourth-order valence-corrected chi connectivity index (χ4v) is 1.51. The van der Waals surface area contributed by atoms with E-state index in [0.29, 0.717) is 6.07 Å². The Balaban J connectivity index is 2.82. The van der Waals surface area contributed by atoms with Gasteiger partial charge in [-0.25, -0.2) is 0 Å². The van der Waals surface area contributed by atoms with Crippen LogP contribution in [0.4, 0.5) is 26.3 Å². The molecule has 3 nitrogen and oxygen atoms in total. The summed E-state index contributed by atoms with van der Waals surface area (Å²) in [7, 11) is -2.09. The van der Waals surface area contributed by atoms with Crippen molar-refractivity contribution in [2.75, 3.05) is 6.61 Å². The summed E-state index contributed by atoms with van der Waals surface area (Å²) in [5.74, 6) is -0.658. The van der Waals surface area contributed by atoms with Gasteiger partial charge in [-0.05, 0) is 24.0 Å². The number of rotatable bonds is 5. The minimum absolute atomic E-state index is 0.398. The Morgan fingerprint density at radius 2 is 1.67 bits per heavy atom. The average molecular weight is 316 g/mol. The van der Waals surface area contributed by atoms with Crippen molar-refractivity contribution in [2.45, 2.75) is 25.2 Å². The van der Waals surface area contributed by atoms with E-state index in [1.807, 2.05) is 0 Å². The van der Waals surface area contributed by atoms with Crippen molar-refractivity contribution in [1.29, 1.82) is 0 Å². The Morgan fingerprint density at radius 1 is 1.05 bits per heavy atom. The van der Waals surface area contributed by atoms with Gasteiger partial charge in [0, 0.05) is 6.42 Å². The average Bonchev–Trinajstić information content (AvgIpc) is 2.32. The topological polar surface area (TPSA) is 49.7 Å². The van der Waals surface area contributed by atoms with Gasteiger partial charge in [-0.2, -0.15) is 26.3 Å². The summed E-state index contributed by atoms with van der Waals surface area (Å²) in [4.78, 5) is 0. The second-order valence-corrected chi connectivity index (χ2v) is 4.19. The van der Waals surface area contributed by atoms with Crippen LogP contribution in [-0.4, -0.2) is 29.9 Å². The molecule has 10 heteroatoms. The lowest BCUT2D eigenvalue weighted by Gasteiger charge is -2.15. The first-order valence-electron chi connectivity index (χ1n) is 5.77. The van der Waals surface area contributed by atoms with Crippen LogP contribution in [0.25, 0.3) is 0 Å². The molecule has 0 aliphatic carbocycles. The summed E-state index contributed by atoms with van der Waals surface area (Å²) in [6.45, 7) is -0.538.